The second kappa shape index (κ2) is 11.5. The SMILES string of the molecule is CC(=O)Oc1cccc(C(=O)NCc2ccccc2NC(=O)C2CC(=O)N(C(C)c3ccccc3)C2)c1. The van der Waals surface area contributed by atoms with E-state index in [2.05, 4.69) is 10.6 Å². The number of para-hydroxylation sites is 1. The Morgan fingerprint density at radius 1 is 1.00 bits per heavy atom. The zero-order valence-electron chi connectivity index (χ0n) is 20.8. The molecule has 1 heterocycles. The highest BCUT2D eigenvalue weighted by molar-refractivity contribution is 5.98. The number of rotatable bonds is 8. The van der Waals surface area contributed by atoms with Crippen molar-refractivity contribution < 1.29 is 23.9 Å². The lowest BCUT2D eigenvalue weighted by molar-refractivity contribution is -0.132. The molecule has 0 saturated carbocycles. The molecule has 0 radical (unpaired) electrons. The Hall–Kier alpha value is -4.46. The minimum Gasteiger partial charge on any atom is -0.427 e. The third-order valence-corrected chi connectivity index (χ3v) is 6.35. The third-order valence-electron chi connectivity index (χ3n) is 6.35. The van der Waals surface area contributed by atoms with E-state index in [0.717, 1.165) is 11.1 Å². The molecule has 190 valence electrons. The first-order valence-corrected chi connectivity index (χ1v) is 12.1. The lowest BCUT2D eigenvalue weighted by atomic mass is 10.1. The van der Waals surface area contributed by atoms with Crippen molar-refractivity contribution in [2.24, 2.45) is 5.92 Å². The van der Waals surface area contributed by atoms with E-state index in [1.54, 1.807) is 35.2 Å². The van der Waals surface area contributed by atoms with Gasteiger partial charge in [0.15, 0.2) is 0 Å². The van der Waals surface area contributed by atoms with E-state index in [9.17, 15) is 19.2 Å². The highest BCUT2D eigenvalue weighted by Crippen LogP contribution is 2.29. The number of anilines is 1. The van der Waals surface area contributed by atoms with Crippen molar-refractivity contribution >= 4 is 29.4 Å². The minimum absolute atomic E-state index is 0.0481. The number of carbonyl (C=O) groups is 4. The number of likely N-dealkylation sites (tertiary alicyclic amines) is 1. The Morgan fingerprint density at radius 2 is 1.73 bits per heavy atom. The van der Waals surface area contributed by atoms with Gasteiger partial charge in [0.05, 0.1) is 12.0 Å². The van der Waals surface area contributed by atoms with E-state index in [4.69, 9.17) is 4.74 Å². The van der Waals surface area contributed by atoms with Crippen LogP contribution >= 0.6 is 0 Å². The molecule has 3 amide bonds. The molecule has 8 nitrogen and oxygen atoms in total. The molecule has 3 aromatic rings. The molecule has 0 spiro atoms. The van der Waals surface area contributed by atoms with Crippen molar-refractivity contribution in [3.63, 3.8) is 0 Å². The van der Waals surface area contributed by atoms with Gasteiger partial charge in [0.1, 0.15) is 5.75 Å². The van der Waals surface area contributed by atoms with Crippen LogP contribution in [0, 0.1) is 5.92 Å². The predicted octanol–water partition coefficient (Wildman–Crippen LogP) is 4.09. The molecule has 8 heteroatoms. The number of esters is 1. The molecule has 1 fully saturated rings. The Morgan fingerprint density at radius 3 is 2.49 bits per heavy atom. The van der Waals surface area contributed by atoms with Crippen LogP contribution in [0.1, 0.15) is 47.8 Å². The quantitative estimate of drug-likeness (QED) is 0.359. The Bertz CT molecular complexity index is 1310. The van der Waals surface area contributed by atoms with Gasteiger partial charge in [-0.1, -0.05) is 54.6 Å². The highest BCUT2D eigenvalue weighted by Gasteiger charge is 2.37. The summed E-state index contributed by atoms with van der Waals surface area (Å²) in [5.41, 5.74) is 2.66. The molecule has 0 aromatic heterocycles. The normalized spacial score (nSPS) is 15.7. The summed E-state index contributed by atoms with van der Waals surface area (Å²) in [6, 6.07) is 23.2. The van der Waals surface area contributed by atoms with E-state index in [-0.39, 0.29) is 42.5 Å². The van der Waals surface area contributed by atoms with E-state index in [1.165, 1.54) is 13.0 Å². The average molecular weight is 500 g/mol. The van der Waals surface area contributed by atoms with E-state index in [0.29, 0.717) is 17.8 Å². The summed E-state index contributed by atoms with van der Waals surface area (Å²) in [5, 5.41) is 5.77. The molecular weight excluding hydrogens is 470 g/mol. The molecular formula is C29H29N3O5. The van der Waals surface area contributed by atoms with E-state index in [1.807, 2.05) is 49.4 Å². The fraction of sp³-hybridized carbons (Fsp3) is 0.241. The van der Waals surface area contributed by atoms with Gasteiger partial charge in [-0.2, -0.15) is 0 Å². The summed E-state index contributed by atoms with van der Waals surface area (Å²) in [4.78, 5) is 51.4. The van der Waals surface area contributed by atoms with Crippen LogP contribution in [-0.2, 0) is 20.9 Å². The molecule has 2 atom stereocenters. The number of hydrogen-bond acceptors (Lipinski definition) is 5. The van der Waals surface area contributed by atoms with Gasteiger partial charge < -0.3 is 20.3 Å². The first-order chi connectivity index (χ1) is 17.8. The lowest BCUT2D eigenvalue weighted by Crippen LogP contribution is -2.31. The third kappa shape index (κ3) is 6.41. The van der Waals surface area contributed by atoms with Gasteiger partial charge in [0.2, 0.25) is 11.8 Å². The first kappa shape index (κ1) is 25.6. The average Bonchev–Trinajstić information content (AvgIpc) is 3.29. The number of ether oxygens (including phenoxy) is 1. The van der Waals surface area contributed by atoms with Gasteiger partial charge in [-0.15, -0.1) is 0 Å². The summed E-state index contributed by atoms with van der Waals surface area (Å²) >= 11 is 0. The molecule has 0 aliphatic carbocycles. The lowest BCUT2D eigenvalue weighted by Gasteiger charge is -2.25. The predicted molar refractivity (Wildman–Crippen MR) is 139 cm³/mol. The summed E-state index contributed by atoms with van der Waals surface area (Å²) in [6.07, 6.45) is 0.153. The monoisotopic (exact) mass is 499 g/mol. The van der Waals surface area contributed by atoms with Crippen LogP contribution in [0.4, 0.5) is 5.69 Å². The Kier molecular flexibility index (Phi) is 7.98. The fourth-order valence-electron chi connectivity index (χ4n) is 4.37. The van der Waals surface area contributed by atoms with Crippen molar-refractivity contribution in [3.05, 3.63) is 95.6 Å². The number of benzene rings is 3. The minimum atomic E-state index is -0.469. The molecule has 1 aliphatic rings. The van der Waals surface area contributed by atoms with E-state index >= 15 is 0 Å². The molecule has 0 bridgehead atoms. The molecule has 1 aliphatic heterocycles. The van der Waals surface area contributed by atoms with Gasteiger partial charge in [-0.25, -0.2) is 0 Å². The van der Waals surface area contributed by atoms with Gasteiger partial charge in [-0.05, 0) is 42.3 Å². The van der Waals surface area contributed by atoms with Gasteiger partial charge in [-0.3, -0.25) is 19.2 Å². The topological polar surface area (TPSA) is 105 Å². The standard InChI is InChI=1S/C29H29N3O5/c1-19(21-9-4-3-5-10-21)32-18-24(16-27(32)34)29(36)31-26-14-7-6-11-23(26)17-30-28(35)22-12-8-13-25(15-22)37-20(2)33/h3-15,19,24H,16-18H2,1-2H3,(H,30,35)(H,31,36). The molecule has 37 heavy (non-hydrogen) atoms. The van der Waals surface area contributed by atoms with Crippen LogP contribution in [0.25, 0.3) is 0 Å². The number of hydrogen-bond donors (Lipinski definition) is 2. The van der Waals surface area contributed by atoms with Crippen LogP contribution in [0.3, 0.4) is 0 Å². The van der Waals surface area contributed by atoms with Gasteiger partial charge >= 0.3 is 5.97 Å². The van der Waals surface area contributed by atoms with E-state index < -0.39 is 11.9 Å². The van der Waals surface area contributed by atoms with Crippen molar-refractivity contribution in [1.29, 1.82) is 0 Å². The summed E-state index contributed by atoms with van der Waals surface area (Å²) in [6.45, 7) is 3.78. The van der Waals surface area contributed by atoms with Crippen LogP contribution in [0.5, 0.6) is 5.75 Å². The molecule has 4 rings (SSSR count). The van der Waals surface area contributed by atoms with Crippen LogP contribution in [0.2, 0.25) is 0 Å². The summed E-state index contributed by atoms with van der Waals surface area (Å²) in [7, 11) is 0. The van der Waals surface area contributed by atoms with Crippen molar-refractivity contribution in [2.75, 3.05) is 11.9 Å². The number of nitrogens with one attached hydrogen (secondary N) is 2. The molecule has 2 unspecified atom stereocenters. The smallest absolute Gasteiger partial charge is 0.308 e. The molecule has 3 aromatic carbocycles. The highest BCUT2D eigenvalue weighted by atomic mass is 16.5. The second-order valence-electron chi connectivity index (χ2n) is 8.98. The van der Waals surface area contributed by atoms with Crippen molar-refractivity contribution in [1.82, 2.24) is 10.2 Å². The molecule has 2 N–H and O–H groups in total. The largest absolute Gasteiger partial charge is 0.427 e. The maximum Gasteiger partial charge on any atom is 0.308 e. The number of nitrogens with zero attached hydrogens (tertiary/aromatic N) is 1. The van der Waals surface area contributed by atoms with Gasteiger partial charge in [0, 0.05) is 37.7 Å². The van der Waals surface area contributed by atoms with Gasteiger partial charge in [0.25, 0.3) is 5.91 Å². The number of carbonyl (C=O) groups excluding carboxylic acids is 4. The number of amides is 3. The van der Waals surface area contributed by atoms with Crippen LogP contribution < -0.4 is 15.4 Å². The van der Waals surface area contributed by atoms with Crippen molar-refractivity contribution in [2.45, 2.75) is 32.9 Å². The summed E-state index contributed by atoms with van der Waals surface area (Å²) < 4.78 is 5.04. The second-order valence-corrected chi connectivity index (χ2v) is 8.98. The maximum atomic E-state index is 13.1. The van der Waals surface area contributed by atoms with Crippen LogP contribution in [-0.4, -0.2) is 35.1 Å². The maximum absolute atomic E-state index is 13.1. The zero-order valence-corrected chi connectivity index (χ0v) is 20.8. The Balaban J connectivity index is 1.38. The van der Waals surface area contributed by atoms with Crippen molar-refractivity contribution in [3.8, 4) is 5.75 Å². The molecule has 1 saturated heterocycles. The zero-order chi connectivity index (χ0) is 26.4. The van der Waals surface area contributed by atoms with Crippen LogP contribution in [0.15, 0.2) is 78.9 Å². The Labute approximate surface area is 215 Å². The summed E-state index contributed by atoms with van der Waals surface area (Å²) in [5.74, 6) is -1.28. The first-order valence-electron chi connectivity index (χ1n) is 12.1. The fourth-order valence-corrected chi connectivity index (χ4v) is 4.37.